The summed E-state index contributed by atoms with van der Waals surface area (Å²) in [5.74, 6) is -0.864. The summed E-state index contributed by atoms with van der Waals surface area (Å²) >= 11 is 0. The summed E-state index contributed by atoms with van der Waals surface area (Å²) in [6, 6.07) is 7.08. The van der Waals surface area contributed by atoms with Crippen LogP contribution in [0.4, 0.5) is 0 Å². The average molecular weight is 193 g/mol. The highest BCUT2D eigenvalue weighted by atomic mass is 16.4. The van der Waals surface area contributed by atoms with Crippen LogP contribution in [0, 0.1) is 0 Å². The SMILES string of the molecule is CN(C)CCc1cccc(C(=O)O)c1. The van der Waals surface area contributed by atoms with Crippen LogP contribution in [0.1, 0.15) is 15.9 Å². The van der Waals surface area contributed by atoms with Crippen LogP contribution in [0.3, 0.4) is 0 Å². The molecule has 0 saturated carbocycles. The van der Waals surface area contributed by atoms with E-state index in [4.69, 9.17) is 5.11 Å². The number of benzene rings is 1. The first-order valence-electron chi connectivity index (χ1n) is 4.56. The quantitative estimate of drug-likeness (QED) is 0.787. The van der Waals surface area contributed by atoms with E-state index in [2.05, 4.69) is 4.90 Å². The fourth-order valence-electron chi connectivity index (χ4n) is 1.21. The summed E-state index contributed by atoms with van der Waals surface area (Å²) in [7, 11) is 4.00. The van der Waals surface area contributed by atoms with Gasteiger partial charge in [0, 0.05) is 6.54 Å². The molecule has 0 radical (unpaired) electrons. The minimum Gasteiger partial charge on any atom is -0.478 e. The largest absolute Gasteiger partial charge is 0.478 e. The second kappa shape index (κ2) is 4.77. The molecule has 0 aliphatic heterocycles. The zero-order valence-corrected chi connectivity index (χ0v) is 8.53. The van der Waals surface area contributed by atoms with Crippen molar-refractivity contribution in [3.8, 4) is 0 Å². The monoisotopic (exact) mass is 193 g/mol. The van der Waals surface area contributed by atoms with Crippen molar-refractivity contribution in [2.24, 2.45) is 0 Å². The molecule has 0 unspecified atom stereocenters. The van der Waals surface area contributed by atoms with Gasteiger partial charge in [-0.2, -0.15) is 0 Å². The fraction of sp³-hybridized carbons (Fsp3) is 0.364. The van der Waals surface area contributed by atoms with E-state index >= 15 is 0 Å². The van der Waals surface area contributed by atoms with Crippen molar-refractivity contribution >= 4 is 5.97 Å². The minimum atomic E-state index is -0.864. The van der Waals surface area contributed by atoms with Gasteiger partial charge in [-0.3, -0.25) is 0 Å². The Balaban J connectivity index is 2.69. The number of hydrogen-bond donors (Lipinski definition) is 1. The maximum Gasteiger partial charge on any atom is 0.335 e. The molecule has 14 heavy (non-hydrogen) atoms. The van der Waals surface area contributed by atoms with Gasteiger partial charge < -0.3 is 10.0 Å². The molecule has 76 valence electrons. The zero-order chi connectivity index (χ0) is 10.6. The normalized spacial score (nSPS) is 10.5. The lowest BCUT2D eigenvalue weighted by Crippen LogP contribution is -2.15. The molecule has 1 N–H and O–H groups in total. The van der Waals surface area contributed by atoms with Crippen LogP contribution in [-0.4, -0.2) is 36.6 Å². The maximum atomic E-state index is 10.7. The Kier molecular flexibility index (Phi) is 3.65. The van der Waals surface area contributed by atoms with Gasteiger partial charge in [0.25, 0.3) is 0 Å². The van der Waals surface area contributed by atoms with Gasteiger partial charge in [-0.25, -0.2) is 4.79 Å². The number of carbonyl (C=O) groups is 1. The molecule has 0 fully saturated rings. The van der Waals surface area contributed by atoms with Crippen LogP contribution in [0.15, 0.2) is 24.3 Å². The number of likely N-dealkylation sites (N-methyl/N-ethyl adjacent to an activating group) is 1. The lowest BCUT2D eigenvalue weighted by Gasteiger charge is -2.09. The highest BCUT2D eigenvalue weighted by molar-refractivity contribution is 5.87. The van der Waals surface area contributed by atoms with Crippen LogP contribution < -0.4 is 0 Å². The van der Waals surface area contributed by atoms with Crippen molar-refractivity contribution in [3.05, 3.63) is 35.4 Å². The van der Waals surface area contributed by atoms with E-state index in [1.165, 1.54) is 0 Å². The topological polar surface area (TPSA) is 40.5 Å². The van der Waals surface area contributed by atoms with Crippen LogP contribution >= 0.6 is 0 Å². The number of nitrogens with zero attached hydrogens (tertiary/aromatic N) is 1. The summed E-state index contributed by atoms with van der Waals surface area (Å²) in [4.78, 5) is 12.8. The number of aromatic carboxylic acids is 1. The molecular formula is C11H15NO2. The Morgan fingerprint density at radius 2 is 2.14 bits per heavy atom. The van der Waals surface area contributed by atoms with Crippen molar-refractivity contribution in [3.63, 3.8) is 0 Å². The summed E-state index contributed by atoms with van der Waals surface area (Å²) in [6.45, 7) is 0.934. The van der Waals surface area contributed by atoms with Crippen LogP contribution in [-0.2, 0) is 6.42 Å². The molecule has 0 bridgehead atoms. The van der Waals surface area contributed by atoms with Gasteiger partial charge in [-0.05, 0) is 38.2 Å². The Labute approximate surface area is 84.0 Å². The molecule has 0 atom stereocenters. The number of carboxylic acids is 1. The predicted octanol–water partition coefficient (Wildman–Crippen LogP) is 1.49. The van der Waals surface area contributed by atoms with Gasteiger partial charge in [0.2, 0.25) is 0 Å². The van der Waals surface area contributed by atoms with Crippen LogP contribution in [0.2, 0.25) is 0 Å². The van der Waals surface area contributed by atoms with E-state index < -0.39 is 5.97 Å². The summed E-state index contributed by atoms with van der Waals surface area (Å²) in [5, 5.41) is 8.78. The standard InChI is InChI=1S/C11H15NO2/c1-12(2)7-6-9-4-3-5-10(8-9)11(13)14/h3-5,8H,6-7H2,1-2H3,(H,13,14). The molecule has 1 aromatic carbocycles. The third kappa shape index (κ3) is 3.18. The molecule has 0 saturated heterocycles. The Bertz CT molecular complexity index is 321. The van der Waals surface area contributed by atoms with Gasteiger partial charge in [0.15, 0.2) is 0 Å². The second-order valence-electron chi connectivity index (χ2n) is 3.56. The van der Waals surface area contributed by atoms with E-state index in [1.54, 1.807) is 18.2 Å². The molecule has 0 amide bonds. The predicted molar refractivity (Wildman–Crippen MR) is 55.7 cm³/mol. The average Bonchev–Trinajstić information content (AvgIpc) is 2.15. The molecule has 3 nitrogen and oxygen atoms in total. The second-order valence-corrected chi connectivity index (χ2v) is 3.56. The third-order valence-electron chi connectivity index (χ3n) is 2.02. The first-order chi connectivity index (χ1) is 6.59. The molecular weight excluding hydrogens is 178 g/mol. The number of rotatable bonds is 4. The molecule has 1 rings (SSSR count). The van der Waals surface area contributed by atoms with Gasteiger partial charge in [-0.1, -0.05) is 12.1 Å². The fourth-order valence-corrected chi connectivity index (χ4v) is 1.21. The molecule has 1 aromatic rings. The van der Waals surface area contributed by atoms with E-state index in [0.29, 0.717) is 5.56 Å². The Morgan fingerprint density at radius 3 is 2.71 bits per heavy atom. The minimum absolute atomic E-state index is 0.362. The van der Waals surface area contributed by atoms with E-state index in [1.807, 2.05) is 20.2 Å². The lowest BCUT2D eigenvalue weighted by molar-refractivity contribution is 0.0697. The van der Waals surface area contributed by atoms with Gasteiger partial charge in [-0.15, -0.1) is 0 Å². The smallest absolute Gasteiger partial charge is 0.335 e. The molecule has 0 aromatic heterocycles. The molecule has 0 aliphatic rings. The van der Waals surface area contributed by atoms with Gasteiger partial charge >= 0.3 is 5.97 Å². The van der Waals surface area contributed by atoms with Gasteiger partial charge in [0.1, 0.15) is 0 Å². The molecule has 0 heterocycles. The molecule has 0 aliphatic carbocycles. The zero-order valence-electron chi connectivity index (χ0n) is 8.53. The van der Waals surface area contributed by atoms with Crippen LogP contribution in [0.25, 0.3) is 0 Å². The number of carboxylic acid groups (broad SMARTS) is 1. The highest BCUT2D eigenvalue weighted by Crippen LogP contribution is 2.06. The van der Waals surface area contributed by atoms with E-state index in [0.717, 1.165) is 18.5 Å². The van der Waals surface area contributed by atoms with Crippen molar-refractivity contribution in [1.82, 2.24) is 4.90 Å². The maximum absolute atomic E-state index is 10.7. The van der Waals surface area contributed by atoms with E-state index in [-0.39, 0.29) is 0 Å². The van der Waals surface area contributed by atoms with Crippen molar-refractivity contribution < 1.29 is 9.90 Å². The Morgan fingerprint density at radius 1 is 1.43 bits per heavy atom. The van der Waals surface area contributed by atoms with Crippen molar-refractivity contribution in [1.29, 1.82) is 0 Å². The first-order valence-corrected chi connectivity index (χ1v) is 4.56. The summed E-state index contributed by atoms with van der Waals surface area (Å²) < 4.78 is 0. The first kappa shape index (κ1) is 10.7. The number of hydrogen-bond acceptors (Lipinski definition) is 2. The Hall–Kier alpha value is -1.35. The highest BCUT2D eigenvalue weighted by Gasteiger charge is 2.02. The molecule has 3 heteroatoms. The summed E-state index contributed by atoms with van der Waals surface area (Å²) in [5.41, 5.74) is 1.43. The summed E-state index contributed by atoms with van der Waals surface area (Å²) in [6.07, 6.45) is 0.883. The lowest BCUT2D eigenvalue weighted by atomic mass is 10.1. The third-order valence-corrected chi connectivity index (χ3v) is 2.02. The van der Waals surface area contributed by atoms with Crippen molar-refractivity contribution in [2.75, 3.05) is 20.6 Å². The van der Waals surface area contributed by atoms with E-state index in [9.17, 15) is 4.79 Å². The van der Waals surface area contributed by atoms with Gasteiger partial charge in [0.05, 0.1) is 5.56 Å². The molecule has 0 spiro atoms. The van der Waals surface area contributed by atoms with Crippen LogP contribution in [0.5, 0.6) is 0 Å². The van der Waals surface area contributed by atoms with Crippen molar-refractivity contribution in [2.45, 2.75) is 6.42 Å².